The van der Waals surface area contributed by atoms with Crippen molar-refractivity contribution in [3.8, 4) is 5.69 Å². The molecule has 20 heavy (non-hydrogen) atoms. The van der Waals surface area contributed by atoms with Crippen molar-refractivity contribution in [2.75, 3.05) is 7.11 Å². The number of ether oxygens (including phenoxy) is 1. The normalized spacial score (nSPS) is 10.4. The summed E-state index contributed by atoms with van der Waals surface area (Å²) in [5.74, 6) is -0.734. The standard InChI is InChI=1S/C14H13BrN2O3/c1-8-6-10(15)4-5-11(8)17-7-9(2)13(18)12(16-17)14(19)20-3/h4-7H,1-3H3. The monoisotopic (exact) mass is 336 g/mol. The van der Waals surface area contributed by atoms with Gasteiger partial charge in [0.05, 0.1) is 12.8 Å². The van der Waals surface area contributed by atoms with Crippen LogP contribution in [0, 0.1) is 13.8 Å². The fourth-order valence-electron chi connectivity index (χ4n) is 1.84. The predicted molar refractivity (Wildman–Crippen MR) is 78.3 cm³/mol. The molecule has 0 bridgehead atoms. The molecule has 1 aromatic carbocycles. The summed E-state index contributed by atoms with van der Waals surface area (Å²) in [5, 5.41) is 4.08. The summed E-state index contributed by atoms with van der Waals surface area (Å²) in [6.45, 7) is 3.56. The Morgan fingerprint density at radius 2 is 2.00 bits per heavy atom. The van der Waals surface area contributed by atoms with E-state index in [-0.39, 0.29) is 5.69 Å². The topological polar surface area (TPSA) is 61.2 Å². The molecule has 0 saturated heterocycles. The van der Waals surface area contributed by atoms with Gasteiger partial charge in [-0.3, -0.25) is 4.79 Å². The minimum Gasteiger partial charge on any atom is -0.464 e. The number of nitrogens with zero attached hydrogens (tertiary/aromatic N) is 2. The van der Waals surface area contributed by atoms with Gasteiger partial charge in [0.25, 0.3) is 0 Å². The zero-order valence-electron chi connectivity index (χ0n) is 11.3. The van der Waals surface area contributed by atoms with Gasteiger partial charge in [-0.2, -0.15) is 5.10 Å². The first-order valence-corrected chi connectivity index (χ1v) is 6.68. The average molecular weight is 337 g/mol. The third kappa shape index (κ3) is 2.65. The fourth-order valence-corrected chi connectivity index (χ4v) is 2.32. The van der Waals surface area contributed by atoms with E-state index in [9.17, 15) is 9.59 Å². The minimum atomic E-state index is -0.734. The molecule has 0 spiro atoms. The van der Waals surface area contributed by atoms with Gasteiger partial charge < -0.3 is 4.74 Å². The van der Waals surface area contributed by atoms with E-state index in [4.69, 9.17) is 0 Å². The Morgan fingerprint density at radius 1 is 1.30 bits per heavy atom. The van der Waals surface area contributed by atoms with Crippen LogP contribution in [0.1, 0.15) is 21.6 Å². The highest BCUT2D eigenvalue weighted by Gasteiger charge is 2.16. The van der Waals surface area contributed by atoms with Crippen molar-refractivity contribution in [3.05, 3.63) is 55.9 Å². The summed E-state index contributed by atoms with van der Waals surface area (Å²) in [6.07, 6.45) is 1.60. The Bertz CT molecular complexity index is 738. The molecule has 5 nitrogen and oxygen atoms in total. The van der Waals surface area contributed by atoms with Gasteiger partial charge in [-0.15, -0.1) is 0 Å². The van der Waals surface area contributed by atoms with Crippen molar-refractivity contribution in [1.82, 2.24) is 9.78 Å². The van der Waals surface area contributed by atoms with E-state index in [0.717, 1.165) is 15.7 Å². The number of methoxy groups -OCH3 is 1. The van der Waals surface area contributed by atoms with Crippen molar-refractivity contribution >= 4 is 21.9 Å². The molecule has 0 radical (unpaired) electrons. The summed E-state index contributed by atoms with van der Waals surface area (Å²) in [6, 6.07) is 5.66. The number of carbonyl (C=O) groups is 1. The molecule has 0 unspecified atom stereocenters. The smallest absolute Gasteiger partial charge is 0.362 e. The SMILES string of the molecule is COC(=O)c1nn(-c2ccc(Br)cc2C)cc(C)c1=O. The third-order valence-electron chi connectivity index (χ3n) is 2.88. The van der Waals surface area contributed by atoms with Crippen molar-refractivity contribution in [3.63, 3.8) is 0 Å². The van der Waals surface area contributed by atoms with Gasteiger partial charge in [0.1, 0.15) is 0 Å². The van der Waals surface area contributed by atoms with Crippen LogP contribution in [0.3, 0.4) is 0 Å². The molecule has 0 N–H and O–H groups in total. The number of hydrogen-bond donors (Lipinski definition) is 0. The quantitative estimate of drug-likeness (QED) is 0.790. The number of esters is 1. The van der Waals surface area contributed by atoms with Crippen LogP contribution < -0.4 is 5.43 Å². The van der Waals surface area contributed by atoms with Gasteiger partial charge in [-0.1, -0.05) is 15.9 Å². The Balaban J connectivity index is 2.67. The molecule has 0 fully saturated rings. The lowest BCUT2D eigenvalue weighted by atomic mass is 10.2. The van der Waals surface area contributed by atoms with Gasteiger partial charge in [-0.25, -0.2) is 9.48 Å². The number of rotatable bonds is 2. The summed E-state index contributed by atoms with van der Waals surface area (Å²) >= 11 is 3.39. The van der Waals surface area contributed by atoms with E-state index in [1.165, 1.54) is 11.8 Å². The molecule has 6 heteroatoms. The highest BCUT2D eigenvalue weighted by atomic mass is 79.9. The minimum absolute atomic E-state index is 0.213. The van der Waals surface area contributed by atoms with Crippen molar-refractivity contribution in [1.29, 1.82) is 0 Å². The Morgan fingerprint density at radius 3 is 2.60 bits per heavy atom. The molecule has 0 aliphatic carbocycles. The Kier molecular flexibility index (Phi) is 4.04. The maximum absolute atomic E-state index is 11.9. The van der Waals surface area contributed by atoms with Gasteiger partial charge in [-0.05, 0) is 37.6 Å². The number of hydrogen-bond acceptors (Lipinski definition) is 4. The third-order valence-corrected chi connectivity index (χ3v) is 3.37. The van der Waals surface area contributed by atoms with Crippen molar-refractivity contribution < 1.29 is 9.53 Å². The van der Waals surface area contributed by atoms with Crippen LogP contribution in [0.2, 0.25) is 0 Å². The van der Waals surface area contributed by atoms with Crippen LogP contribution >= 0.6 is 15.9 Å². The molecule has 0 aliphatic rings. The molecule has 2 aromatic rings. The highest BCUT2D eigenvalue weighted by molar-refractivity contribution is 9.10. The predicted octanol–water partition coefficient (Wildman–Crippen LogP) is 2.40. The van der Waals surface area contributed by atoms with Crippen LogP contribution in [0.15, 0.2) is 33.7 Å². The maximum atomic E-state index is 11.9. The number of carbonyl (C=O) groups excluding carboxylic acids is 1. The fraction of sp³-hybridized carbons (Fsp3) is 0.214. The summed E-state index contributed by atoms with van der Waals surface area (Å²) in [7, 11) is 1.22. The maximum Gasteiger partial charge on any atom is 0.362 e. The van der Waals surface area contributed by atoms with Gasteiger partial charge in [0.15, 0.2) is 0 Å². The van der Waals surface area contributed by atoms with E-state index in [1.54, 1.807) is 13.1 Å². The summed E-state index contributed by atoms with van der Waals surface area (Å²) in [5.41, 5.74) is 1.56. The van der Waals surface area contributed by atoms with Gasteiger partial charge in [0.2, 0.25) is 11.1 Å². The van der Waals surface area contributed by atoms with Crippen molar-refractivity contribution in [2.45, 2.75) is 13.8 Å². The molecule has 0 atom stereocenters. The number of benzene rings is 1. The molecule has 0 saturated carbocycles. The largest absolute Gasteiger partial charge is 0.464 e. The Hall–Kier alpha value is -1.95. The molecule has 0 aliphatic heterocycles. The van der Waals surface area contributed by atoms with E-state index in [0.29, 0.717) is 5.56 Å². The first kappa shape index (κ1) is 14.5. The van der Waals surface area contributed by atoms with Crippen LogP contribution in [0.25, 0.3) is 5.69 Å². The molecule has 2 rings (SSSR count). The molecule has 104 valence electrons. The molecular formula is C14H13BrN2O3. The van der Waals surface area contributed by atoms with E-state index in [1.807, 2.05) is 25.1 Å². The number of aryl methyl sites for hydroxylation is 2. The molecular weight excluding hydrogens is 324 g/mol. The van der Waals surface area contributed by atoms with Crippen LogP contribution in [-0.4, -0.2) is 22.9 Å². The lowest BCUT2D eigenvalue weighted by Gasteiger charge is -2.11. The lowest BCUT2D eigenvalue weighted by Crippen LogP contribution is -2.24. The molecule has 1 heterocycles. The zero-order chi connectivity index (χ0) is 14.9. The molecule has 1 aromatic heterocycles. The zero-order valence-corrected chi connectivity index (χ0v) is 12.9. The summed E-state index contributed by atoms with van der Waals surface area (Å²) in [4.78, 5) is 23.5. The van der Waals surface area contributed by atoms with E-state index >= 15 is 0 Å². The van der Waals surface area contributed by atoms with E-state index < -0.39 is 11.4 Å². The first-order valence-electron chi connectivity index (χ1n) is 5.89. The molecule has 0 amide bonds. The number of halogens is 1. The van der Waals surface area contributed by atoms with Crippen LogP contribution in [0.4, 0.5) is 0 Å². The lowest BCUT2D eigenvalue weighted by molar-refractivity contribution is 0.0590. The van der Waals surface area contributed by atoms with E-state index in [2.05, 4.69) is 25.8 Å². The second-order valence-electron chi connectivity index (χ2n) is 4.36. The Labute approximate surface area is 124 Å². The average Bonchev–Trinajstić information content (AvgIpc) is 2.41. The number of aromatic nitrogens is 2. The van der Waals surface area contributed by atoms with Gasteiger partial charge >= 0.3 is 5.97 Å². The second kappa shape index (κ2) is 5.58. The van der Waals surface area contributed by atoms with Crippen LogP contribution in [-0.2, 0) is 4.74 Å². The van der Waals surface area contributed by atoms with Gasteiger partial charge in [0, 0.05) is 16.2 Å². The van der Waals surface area contributed by atoms with Crippen LogP contribution in [0.5, 0.6) is 0 Å². The summed E-state index contributed by atoms with van der Waals surface area (Å²) < 4.78 is 7.06. The first-order chi connectivity index (χ1) is 9.43. The van der Waals surface area contributed by atoms with Crippen molar-refractivity contribution in [2.24, 2.45) is 0 Å². The highest BCUT2D eigenvalue weighted by Crippen LogP contribution is 2.18. The second-order valence-corrected chi connectivity index (χ2v) is 5.27.